The molecule has 48 heavy (non-hydrogen) atoms. The lowest BCUT2D eigenvalue weighted by Gasteiger charge is -2.36. The SMILES string of the molecule is O=Cc1ccc2c(ccn2CCC=Cc2ccc(-c3ccccc3)c(N(C(=O)O)[C@H]3CC[C@H](NC(=O)OCc4ccccc4)CC3)c2)c1. The number of allylic oxidation sites excluding steroid dienone is 1. The van der Waals surface area contributed by atoms with Crippen LogP contribution in [-0.2, 0) is 17.9 Å². The fraction of sp³-hybridized carbons (Fsp3) is 0.225. The lowest BCUT2D eigenvalue weighted by Crippen LogP contribution is -2.46. The first-order chi connectivity index (χ1) is 23.5. The van der Waals surface area contributed by atoms with Gasteiger partial charge in [-0.15, -0.1) is 0 Å². The molecule has 2 amide bonds. The van der Waals surface area contributed by atoms with Gasteiger partial charge in [-0.2, -0.15) is 0 Å². The number of carboxylic acid groups (broad SMARTS) is 1. The van der Waals surface area contributed by atoms with Crippen molar-refractivity contribution in [2.75, 3.05) is 4.90 Å². The summed E-state index contributed by atoms with van der Waals surface area (Å²) in [5.74, 6) is 0. The molecule has 1 aliphatic rings. The van der Waals surface area contributed by atoms with E-state index in [0.29, 0.717) is 36.9 Å². The Hall–Kier alpha value is -5.63. The zero-order valence-electron chi connectivity index (χ0n) is 26.7. The van der Waals surface area contributed by atoms with E-state index in [-0.39, 0.29) is 18.7 Å². The highest BCUT2D eigenvalue weighted by atomic mass is 16.5. The molecule has 1 saturated carbocycles. The number of alkyl carbamates (subject to hydrolysis) is 1. The molecule has 1 fully saturated rings. The number of benzene rings is 4. The molecule has 8 heteroatoms. The first kappa shape index (κ1) is 32.3. The third kappa shape index (κ3) is 7.83. The van der Waals surface area contributed by atoms with Crippen molar-refractivity contribution in [3.05, 3.63) is 132 Å². The van der Waals surface area contributed by atoms with Crippen LogP contribution >= 0.6 is 0 Å². The van der Waals surface area contributed by atoms with E-state index < -0.39 is 12.2 Å². The van der Waals surface area contributed by atoms with Crippen LogP contribution in [0.3, 0.4) is 0 Å². The number of fused-ring (bicyclic) bond motifs is 1. The number of amides is 2. The van der Waals surface area contributed by atoms with Crippen molar-refractivity contribution in [1.82, 2.24) is 9.88 Å². The minimum absolute atomic E-state index is 0.0764. The number of aldehydes is 1. The van der Waals surface area contributed by atoms with Crippen LogP contribution in [0.1, 0.15) is 53.6 Å². The lowest BCUT2D eigenvalue weighted by molar-refractivity contribution is 0.112. The average Bonchev–Trinajstić information content (AvgIpc) is 3.53. The summed E-state index contributed by atoms with van der Waals surface area (Å²) in [6.07, 6.45) is 8.89. The highest BCUT2D eigenvalue weighted by Gasteiger charge is 2.32. The topological polar surface area (TPSA) is 101 Å². The zero-order valence-corrected chi connectivity index (χ0v) is 26.7. The van der Waals surface area contributed by atoms with Gasteiger partial charge in [0.1, 0.15) is 12.9 Å². The summed E-state index contributed by atoms with van der Waals surface area (Å²) < 4.78 is 7.57. The minimum Gasteiger partial charge on any atom is -0.465 e. The summed E-state index contributed by atoms with van der Waals surface area (Å²) in [5.41, 5.74) is 6.03. The van der Waals surface area contributed by atoms with Crippen LogP contribution in [0.2, 0.25) is 0 Å². The van der Waals surface area contributed by atoms with Gasteiger partial charge in [-0.1, -0.05) is 84.9 Å². The Kier molecular flexibility index (Phi) is 10.3. The number of anilines is 1. The largest absolute Gasteiger partial charge is 0.465 e. The predicted octanol–water partition coefficient (Wildman–Crippen LogP) is 8.95. The molecule has 4 aromatic carbocycles. The molecule has 1 aliphatic carbocycles. The molecule has 5 aromatic rings. The van der Waals surface area contributed by atoms with E-state index in [1.165, 1.54) is 4.90 Å². The molecule has 0 saturated heterocycles. The normalized spacial score (nSPS) is 16.1. The Balaban J connectivity index is 1.14. The summed E-state index contributed by atoms with van der Waals surface area (Å²) >= 11 is 0. The maximum Gasteiger partial charge on any atom is 0.412 e. The molecule has 6 rings (SSSR count). The van der Waals surface area contributed by atoms with Crippen molar-refractivity contribution >= 4 is 41.1 Å². The van der Waals surface area contributed by atoms with E-state index in [0.717, 1.165) is 52.4 Å². The quantitative estimate of drug-likeness (QED) is 0.140. The number of rotatable bonds is 11. The third-order valence-electron chi connectivity index (χ3n) is 8.95. The molecule has 0 spiro atoms. The summed E-state index contributed by atoms with van der Waals surface area (Å²) in [7, 11) is 0. The highest BCUT2D eigenvalue weighted by Crippen LogP contribution is 2.36. The third-order valence-corrected chi connectivity index (χ3v) is 8.95. The Morgan fingerprint density at radius 3 is 2.33 bits per heavy atom. The number of carbonyl (C=O) groups is 3. The fourth-order valence-electron chi connectivity index (χ4n) is 6.50. The molecular formula is C40H39N3O5. The molecular weight excluding hydrogens is 602 g/mol. The molecule has 0 atom stereocenters. The van der Waals surface area contributed by atoms with Crippen LogP contribution in [0, 0.1) is 0 Å². The van der Waals surface area contributed by atoms with Crippen molar-refractivity contribution in [1.29, 1.82) is 0 Å². The number of nitrogens with zero attached hydrogens (tertiary/aromatic N) is 2. The van der Waals surface area contributed by atoms with Crippen LogP contribution in [-0.4, -0.2) is 40.2 Å². The molecule has 244 valence electrons. The Morgan fingerprint density at radius 1 is 0.875 bits per heavy atom. The first-order valence-corrected chi connectivity index (χ1v) is 16.4. The Morgan fingerprint density at radius 2 is 1.60 bits per heavy atom. The van der Waals surface area contributed by atoms with E-state index in [1.807, 2.05) is 115 Å². The zero-order chi connectivity index (χ0) is 33.3. The number of carbonyl (C=O) groups excluding carboxylic acids is 2. The number of aromatic nitrogens is 1. The van der Waals surface area contributed by atoms with Gasteiger partial charge in [0.2, 0.25) is 0 Å². The molecule has 8 nitrogen and oxygen atoms in total. The first-order valence-electron chi connectivity index (χ1n) is 16.4. The van der Waals surface area contributed by atoms with Crippen LogP contribution in [0.5, 0.6) is 0 Å². The summed E-state index contributed by atoms with van der Waals surface area (Å²) in [6, 6.07) is 32.8. The lowest BCUT2D eigenvalue weighted by atomic mass is 9.89. The van der Waals surface area contributed by atoms with E-state index in [9.17, 15) is 19.5 Å². The second kappa shape index (κ2) is 15.3. The van der Waals surface area contributed by atoms with Crippen molar-refractivity contribution in [2.45, 2.75) is 57.3 Å². The molecule has 0 radical (unpaired) electrons. The van der Waals surface area contributed by atoms with Crippen LogP contribution in [0.15, 0.2) is 115 Å². The monoisotopic (exact) mass is 641 g/mol. The van der Waals surface area contributed by atoms with Gasteiger partial charge >= 0.3 is 12.2 Å². The summed E-state index contributed by atoms with van der Waals surface area (Å²) in [4.78, 5) is 38.0. The van der Waals surface area contributed by atoms with Gasteiger partial charge in [0, 0.05) is 46.9 Å². The maximum absolute atomic E-state index is 12.9. The van der Waals surface area contributed by atoms with Gasteiger partial charge in [-0.25, -0.2) is 9.59 Å². The van der Waals surface area contributed by atoms with Gasteiger partial charge in [0.25, 0.3) is 0 Å². The van der Waals surface area contributed by atoms with Crippen molar-refractivity contribution in [3.63, 3.8) is 0 Å². The number of ether oxygens (including phenoxy) is 1. The number of aryl methyl sites for hydroxylation is 1. The van der Waals surface area contributed by atoms with Crippen LogP contribution in [0.4, 0.5) is 15.3 Å². The fourth-order valence-corrected chi connectivity index (χ4v) is 6.50. The van der Waals surface area contributed by atoms with Crippen molar-refractivity contribution < 1.29 is 24.2 Å². The van der Waals surface area contributed by atoms with Gasteiger partial charge in [0.05, 0.1) is 5.69 Å². The minimum atomic E-state index is -0.996. The van der Waals surface area contributed by atoms with E-state index in [2.05, 4.69) is 16.0 Å². The maximum atomic E-state index is 12.9. The number of hydrogen-bond donors (Lipinski definition) is 2. The van der Waals surface area contributed by atoms with Crippen LogP contribution in [0.25, 0.3) is 28.1 Å². The molecule has 0 unspecified atom stereocenters. The Bertz CT molecular complexity index is 1890. The number of hydrogen-bond acceptors (Lipinski definition) is 4. The second-order valence-corrected chi connectivity index (χ2v) is 12.1. The molecule has 2 N–H and O–H groups in total. The van der Waals surface area contributed by atoms with Crippen molar-refractivity contribution in [2.24, 2.45) is 0 Å². The second-order valence-electron chi connectivity index (χ2n) is 12.1. The van der Waals surface area contributed by atoms with Gasteiger partial charge in [0.15, 0.2) is 0 Å². The molecule has 1 heterocycles. The molecule has 0 bridgehead atoms. The smallest absolute Gasteiger partial charge is 0.412 e. The van der Waals surface area contributed by atoms with E-state index in [1.54, 1.807) is 0 Å². The highest BCUT2D eigenvalue weighted by molar-refractivity contribution is 5.94. The van der Waals surface area contributed by atoms with Crippen molar-refractivity contribution in [3.8, 4) is 11.1 Å². The summed E-state index contributed by atoms with van der Waals surface area (Å²) in [5, 5.41) is 14.6. The van der Waals surface area contributed by atoms with E-state index in [4.69, 9.17) is 4.74 Å². The van der Waals surface area contributed by atoms with Crippen LogP contribution < -0.4 is 10.2 Å². The summed E-state index contributed by atoms with van der Waals surface area (Å²) in [6.45, 7) is 0.974. The van der Waals surface area contributed by atoms with Gasteiger partial charge in [-0.05, 0) is 79.1 Å². The van der Waals surface area contributed by atoms with E-state index >= 15 is 0 Å². The molecule has 0 aliphatic heterocycles. The standard InChI is InChI=1S/C40H39N3O5/c44-27-31-15-21-37-33(25-31)22-24-42(37)23-8-7-9-29-14-20-36(32-12-5-2-6-13-32)38(26-29)43(40(46)47)35-18-16-34(17-19-35)41-39(45)48-28-30-10-3-1-4-11-30/h1-7,9-15,20-22,24-27,34-35H,8,16-19,23,28H2,(H,41,45)(H,46,47)/t34-,35-. The predicted molar refractivity (Wildman–Crippen MR) is 189 cm³/mol. The number of nitrogens with one attached hydrogen (secondary N) is 1. The van der Waals surface area contributed by atoms with Gasteiger partial charge < -0.3 is 19.7 Å². The Labute approximate surface area is 280 Å². The average molecular weight is 642 g/mol. The van der Waals surface area contributed by atoms with Gasteiger partial charge in [-0.3, -0.25) is 9.69 Å². The molecule has 1 aromatic heterocycles.